The van der Waals surface area contributed by atoms with E-state index in [1.54, 1.807) is 6.07 Å². The van der Waals surface area contributed by atoms with Crippen molar-refractivity contribution in [2.45, 2.75) is 25.9 Å². The van der Waals surface area contributed by atoms with Gasteiger partial charge in [0.1, 0.15) is 12.7 Å². The van der Waals surface area contributed by atoms with Gasteiger partial charge in [0.15, 0.2) is 5.82 Å². The summed E-state index contributed by atoms with van der Waals surface area (Å²) >= 11 is 6.04. The molecular weight excluding hydrogens is 326 g/mol. The maximum Gasteiger partial charge on any atom is 0.251 e. The van der Waals surface area contributed by atoms with Gasteiger partial charge in [0.05, 0.1) is 12.2 Å². The van der Waals surface area contributed by atoms with Gasteiger partial charge in [-0.3, -0.25) is 4.79 Å². The lowest BCUT2D eigenvalue weighted by atomic mass is 10.1. The molecule has 122 valence electrons. The maximum atomic E-state index is 12.0. The molecule has 0 aliphatic heterocycles. The number of anilines is 1. The number of hydrogen-bond donors (Lipinski definition) is 1. The molecule has 0 radical (unpaired) electrons. The van der Waals surface area contributed by atoms with Crippen LogP contribution in [0.25, 0.3) is 0 Å². The lowest BCUT2D eigenvalue weighted by molar-refractivity contribution is -0.121. The Morgan fingerprint density at radius 1 is 1.38 bits per heavy atom. The van der Waals surface area contributed by atoms with E-state index in [9.17, 15) is 10.1 Å². The van der Waals surface area contributed by atoms with E-state index in [-0.39, 0.29) is 19.1 Å². The van der Waals surface area contributed by atoms with Gasteiger partial charge in [-0.05, 0) is 42.5 Å². The Kier molecular flexibility index (Phi) is 5.09. The number of nitrogens with one attached hydrogen (secondary N) is 1. The molecule has 0 atom stereocenters. The number of hydrogen-bond acceptors (Lipinski definition) is 4. The molecule has 0 unspecified atom stereocenters. The van der Waals surface area contributed by atoms with E-state index in [4.69, 9.17) is 16.3 Å². The zero-order valence-corrected chi connectivity index (χ0v) is 13.8. The molecule has 1 aromatic heterocycles. The Morgan fingerprint density at radius 2 is 2.21 bits per heavy atom. The molecular formula is C18H16ClN3O2. The second-order valence-electron chi connectivity index (χ2n) is 5.59. The SMILES string of the molecule is N#Cc1cc2c(nc1NC(=O)COCc1ccccc1Cl)CCC2. The Bertz CT molecular complexity index is 814. The van der Waals surface area contributed by atoms with Crippen molar-refractivity contribution < 1.29 is 9.53 Å². The fourth-order valence-corrected chi connectivity index (χ4v) is 2.88. The van der Waals surface area contributed by atoms with E-state index >= 15 is 0 Å². The number of fused-ring (bicyclic) bond motifs is 1. The highest BCUT2D eigenvalue weighted by molar-refractivity contribution is 6.31. The van der Waals surface area contributed by atoms with Crippen LogP contribution in [0.5, 0.6) is 0 Å². The molecule has 0 bridgehead atoms. The highest BCUT2D eigenvalue weighted by Crippen LogP contribution is 2.24. The first kappa shape index (κ1) is 16.4. The minimum atomic E-state index is -0.344. The van der Waals surface area contributed by atoms with Gasteiger partial charge < -0.3 is 10.1 Å². The Hall–Kier alpha value is -2.42. The number of carbonyl (C=O) groups excluding carboxylic acids is 1. The highest BCUT2D eigenvalue weighted by atomic mass is 35.5. The van der Waals surface area contributed by atoms with E-state index in [0.717, 1.165) is 36.1 Å². The monoisotopic (exact) mass is 341 g/mol. The standard InChI is InChI=1S/C18H16ClN3O2/c19-15-6-2-1-4-13(15)10-24-11-17(23)22-18-14(9-20)8-12-5-3-7-16(12)21-18/h1-2,4,6,8H,3,5,7,10-11H2,(H,21,22,23). The maximum absolute atomic E-state index is 12.0. The fraction of sp³-hybridized carbons (Fsp3) is 0.278. The second kappa shape index (κ2) is 7.43. The van der Waals surface area contributed by atoms with Crippen LogP contribution in [-0.2, 0) is 29.0 Å². The van der Waals surface area contributed by atoms with Crippen molar-refractivity contribution in [1.82, 2.24) is 4.98 Å². The summed E-state index contributed by atoms with van der Waals surface area (Å²) in [5.74, 6) is -0.0338. The average Bonchev–Trinajstić information content (AvgIpc) is 3.03. The third-order valence-electron chi connectivity index (χ3n) is 3.88. The molecule has 0 saturated heterocycles. The van der Waals surface area contributed by atoms with Crippen molar-refractivity contribution in [2.24, 2.45) is 0 Å². The number of amides is 1. The highest BCUT2D eigenvalue weighted by Gasteiger charge is 2.17. The number of nitriles is 1. The molecule has 1 aliphatic rings. The quantitative estimate of drug-likeness (QED) is 0.905. The number of nitrogens with zero attached hydrogens (tertiary/aromatic N) is 2. The number of halogens is 1. The smallest absolute Gasteiger partial charge is 0.251 e. The van der Waals surface area contributed by atoms with Crippen molar-refractivity contribution in [2.75, 3.05) is 11.9 Å². The van der Waals surface area contributed by atoms with Crippen molar-refractivity contribution in [3.05, 3.63) is 57.7 Å². The third kappa shape index (κ3) is 3.73. The van der Waals surface area contributed by atoms with E-state index in [1.807, 2.05) is 24.3 Å². The van der Waals surface area contributed by atoms with E-state index in [1.165, 1.54) is 0 Å². The average molecular weight is 342 g/mol. The van der Waals surface area contributed by atoms with Crippen molar-refractivity contribution >= 4 is 23.3 Å². The summed E-state index contributed by atoms with van der Waals surface area (Å²) in [5, 5.41) is 12.5. The van der Waals surface area contributed by atoms with E-state index < -0.39 is 0 Å². The number of ether oxygens (including phenoxy) is 1. The summed E-state index contributed by atoms with van der Waals surface area (Å²) in [6, 6.07) is 11.2. The summed E-state index contributed by atoms with van der Waals surface area (Å²) in [5.41, 5.74) is 3.26. The van der Waals surface area contributed by atoms with Gasteiger partial charge in [-0.25, -0.2) is 4.98 Å². The largest absolute Gasteiger partial charge is 0.367 e. The van der Waals surface area contributed by atoms with Gasteiger partial charge in [-0.15, -0.1) is 0 Å². The van der Waals surface area contributed by atoms with Crippen LogP contribution in [0.3, 0.4) is 0 Å². The predicted octanol–water partition coefficient (Wildman–Crippen LogP) is 3.25. The minimum absolute atomic E-state index is 0.130. The molecule has 2 aromatic rings. The van der Waals surface area contributed by atoms with Gasteiger partial charge in [0, 0.05) is 10.7 Å². The molecule has 0 saturated carbocycles. The molecule has 1 N–H and O–H groups in total. The summed E-state index contributed by atoms with van der Waals surface area (Å²) in [6.45, 7) is 0.116. The van der Waals surface area contributed by atoms with Crippen molar-refractivity contribution in [3.63, 3.8) is 0 Å². The normalized spacial score (nSPS) is 12.5. The fourth-order valence-electron chi connectivity index (χ4n) is 2.69. The first-order valence-corrected chi connectivity index (χ1v) is 8.09. The van der Waals surface area contributed by atoms with Crippen LogP contribution in [0.4, 0.5) is 5.82 Å². The second-order valence-corrected chi connectivity index (χ2v) is 6.00. The summed E-state index contributed by atoms with van der Waals surface area (Å²) < 4.78 is 5.39. The van der Waals surface area contributed by atoms with Crippen LogP contribution in [-0.4, -0.2) is 17.5 Å². The number of benzene rings is 1. The summed E-state index contributed by atoms with van der Waals surface area (Å²) in [4.78, 5) is 16.5. The topological polar surface area (TPSA) is 75.0 Å². The van der Waals surface area contributed by atoms with Crippen LogP contribution < -0.4 is 5.32 Å². The van der Waals surface area contributed by atoms with Gasteiger partial charge >= 0.3 is 0 Å². The lowest BCUT2D eigenvalue weighted by Crippen LogP contribution is -2.20. The summed E-state index contributed by atoms with van der Waals surface area (Å²) in [7, 11) is 0. The van der Waals surface area contributed by atoms with Gasteiger partial charge in [0.25, 0.3) is 5.91 Å². The molecule has 6 heteroatoms. The van der Waals surface area contributed by atoms with E-state index in [0.29, 0.717) is 16.4 Å². The number of aryl methyl sites for hydroxylation is 2. The van der Waals surface area contributed by atoms with Gasteiger partial charge in [-0.2, -0.15) is 5.26 Å². The summed E-state index contributed by atoms with van der Waals surface area (Å²) in [6.07, 6.45) is 2.85. The van der Waals surface area contributed by atoms with Gasteiger partial charge in [0.2, 0.25) is 0 Å². The van der Waals surface area contributed by atoms with Crippen LogP contribution >= 0.6 is 11.6 Å². The zero-order valence-electron chi connectivity index (χ0n) is 13.0. The molecule has 5 nitrogen and oxygen atoms in total. The number of pyridine rings is 1. The number of rotatable bonds is 5. The van der Waals surface area contributed by atoms with Gasteiger partial charge in [-0.1, -0.05) is 29.8 Å². The molecule has 0 fully saturated rings. The molecule has 1 amide bonds. The first-order valence-electron chi connectivity index (χ1n) is 7.71. The molecule has 24 heavy (non-hydrogen) atoms. The van der Waals surface area contributed by atoms with Crippen LogP contribution in [0.15, 0.2) is 30.3 Å². The number of aromatic nitrogens is 1. The molecule has 1 heterocycles. The van der Waals surface area contributed by atoms with Crippen LogP contribution in [0, 0.1) is 11.3 Å². The first-order chi connectivity index (χ1) is 11.7. The zero-order chi connectivity index (χ0) is 16.9. The Labute approximate surface area is 145 Å². The van der Waals surface area contributed by atoms with Crippen LogP contribution in [0.1, 0.15) is 28.8 Å². The van der Waals surface area contributed by atoms with E-state index in [2.05, 4.69) is 16.4 Å². The predicted molar refractivity (Wildman–Crippen MR) is 90.7 cm³/mol. The molecule has 1 aromatic carbocycles. The molecule has 1 aliphatic carbocycles. The third-order valence-corrected chi connectivity index (χ3v) is 4.25. The number of carbonyl (C=O) groups is 1. The molecule has 0 spiro atoms. The van der Waals surface area contributed by atoms with Crippen molar-refractivity contribution in [3.8, 4) is 6.07 Å². The molecule has 3 rings (SSSR count). The van der Waals surface area contributed by atoms with Crippen molar-refractivity contribution in [1.29, 1.82) is 5.26 Å². The van der Waals surface area contributed by atoms with Crippen LogP contribution in [0.2, 0.25) is 5.02 Å². The Morgan fingerprint density at radius 3 is 3.00 bits per heavy atom. The Balaban J connectivity index is 1.59. The lowest BCUT2D eigenvalue weighted by Gasteiger charge is -2.09. The minimum Gasteiger partial charge on any atom is -0.367 e.